The molecule has 0 unspecified atom stereocenters. The fourth-order valence-electron chi connectivity index (χ4n) is 6.90. The molecule has 0 saturated heterocycles. The summed E-state index contributed by atoms with van der Waals surface area (Å²) in [6.45, 7) is 4.67. The minimum atomic E-state index is -0.0904. The minimum absolute atomic E-state index is 0.0904. The molecule has 194 valence electrons. The Labute approximate surface area is 241 Å². The Morgan fingerprint density at radius 2 is 1.34 bits per heavy atom. The zero-order chi connectivity index (χ0) is 27.3. The average Bonchev–Trinajstić information content (AvgIpc) is 3.62. The van der Waals surface area contributed by atoms with Gasteiger partial charge in [-0.1, -0.05) is 105 Å². The van der Waals surface area contributed by atoms with E-state index in [2.05, 4.69) is 134 Å². The molecular formula is C37H25N3S. The van der Waals surface area contributed by atoms with Crippen molar-refractivity contribution in [3.8, 4) is 28.3 Å². The Morgan fingerprint density at radius 3 is 2.22 bits per heavy atom. The van der Waals surface area contributed by atoms with Crippen LogP contribution in [0.15, 0.2) is 115 Å². The Bertz CT molecular complexity index is 2340. The van der Waals surface area contributed by atoms with Crippen LogP contribution in [0.1, 0.15) is 25.0 Å². The van der Waals surface area contributed by atoms with Crippen molar-refractivity contribution < 1.29 is 0 Å². The predicted octanol–water partition coefficient (Wildman–Crippen LogP) is 9.91. The van der Waals surface area contributed by atoms with Crippen LogP contribution < -0.4 is 0 Å². The maximum absolute atomic E-state index is 5.36. The summed E-state index contributed by atoms with van der Waals surface area (Å²) in [5.74, 6) is 0.711. The SMILES string of the molecule is CC1(C)c2ccccc2-c2cc3c4ccccc4n(-c4nc(-c5ccccc5)c5c(n4)sc4ccccc45)c3cc21. The second-order valence-corrected chi connectivity index (χ2v) is 12.5. The largest absolute Gasteiger partial charge is 0.278 e. The highest BCUT2D eigenvalue weighted by atomic mass is 32.1. The van der Waals surface area contributed by atoms with E-state index in [1.54, 1.807) is 11.3 Å². The number of hydrogen-bond acceptors (Lipinski definition) is 3. The van der Waals surface area contributed by atoms with E-state index in [4.69, 9.17) is 9.97 Å². The van der Waals surface area contributed by atoms with Gasteiger partial charge in [-0.15, -0.1) is 11.3 Å². The molecule has 1 aliphatic carbocycles. The van der Waals surface area contributed by atoms with Crippen molar-refractivity contribution in [3.05, 3.63) is 126 Å². The minimum Gasteiger partial charge on any atom is -0.278 e. The van der Waals surface area contributed by atoms with Crippen molar-refractivity contribution in [2.45, 2.75) is 19.3 Å². The lowest BCUT2D eigenvalue weighted by Crippen LogP contribution is -2.15. The summed E-state index contributed by atoms with van der Waals surface area (Å²) in [6, 6.07) is 41.4. The van der Waals surface area contributed by atoms with Crippen LogP contribution in [0.3, 0.4) is 0 Å². The molecule has 3 heterocycles. The van der Waals surface area contributed by atoms with Gasteiger partial charge in [0.05, 0.1) is 16.7 Å². The van der Waals surface area contributed by atoms with Crippen molar-refractivity contribution in [1.82, 2.24) is 14.5 Å². The van der Waals surface area contributed by atoms with Crippen LogP contribution in [-0.4, -0.2) is 14.5 Å². The van der Waals surface area contributed by atoms with Gasteiger partial charge in [0, 0.05) is 37.2 Å². The summed E-state index contributed by atoms with van der Waals surface area (Å²) in [4.78, 5) is 11.7. The normalized spacial score (nSPS) is 13.8. The Kier molecular flexibility index (Phi) is 4.55. The van der Waals surface area contributed by atoms with Gasteiger partial charge in [0.25, 0.3) is 0 Å². The third-order valence-corrected chi connectivity index (χ3v) is 9.91. The molecule has 0 N–H and O–H groups in total. The van der Waals surface area contributed by atoms with E-state index in [0.29, 0.717) is 5.95 Å². The second kappa shape index (κ2) is 8.12. The third kappa shape index (κ3) is 3.08. The summed E-state index contributed by atoms with van der Waals surface area (Å²) in [5, 5.41) is 4.78. The second-order valence-electron chi connectivity index (χ2n) is 11.5. The van der Waals surface area contributed by atoms with Crippen molar-refractivity contribution in [1.29, 1.82) is 0 Å². The topological polar surface area (TPSA) is 30.7 Å². The lowest BCUT2D eigenvalue weighted by Gasteiger charge is -2.21. The zero-order valence-electron chi connectivity index (χ0n) is 22.7. The van der Waals surface area contributed by atoms with E-state index in [-0.39, 0.29) is 5.41 Å². The Hall–Kier alpha value is -4.80. The number of aromatic nitrogens is 3. The highest BCUT2D eigenvalue weighted by Gasteiger charge is 2.36. The van der Waals surface area contributed by atoms with Gasteiger partial charge in [0.15, 0.2) is 0 Å². The number of para-hydroxylation sites is 1. The molecule has 0 aliphatic heterocycles. The number of hydrogen-bond donors (Lipinski definition) is 0. The van der Waals surface area contributed by atoms with Crippen LogP contribution in [0.2, 0.25) is 0 Å². The molecule has 41 heavy (non-hydrogen) atoms. The van der Waals surface area contributed by atoms with E-state index < -0.39 is 0 Å². The standard InChI is InChI=1S/C37H25N3S/c1-37(2)28-17-9-6-14-23(28)26-20-27-24-15-7-10-18-30(24)40(31(27)21-29(26)37)36-38-34(22-12-4-3-5-13-22)33-25-16-8-11-19-32(25)41-35(33)39-36/h3-21H,1-2H3. The molecule has 0 spiro atoms. The van der Waals surface area contributed by atoms with Gasteiger partial charge in [-0.25, -0.2) is 9.97 Å². The maximum Gasteiger partial charge on any atom is 0.236 e. The third-order valence-electron chi connectivity index (χ3n) is 8.85. The van der Waals surface area contributed by atoms with Crippen LogP contribution in [0.25, 0.3) is 70.4 Å². The van der Waals surface area contributed by atoms with Crippen molar-refractivity contribution >= 4 is 53.4 Å². The Balaban J connectivity index is 1.41. The van der Waals surface area contributed by atoms with Gasteiger partial charge in [0.2, 0.25) is 5.95 Å². The summed E-state index contributed by atoms with van der Waals surface area (Å²) in [5.41, 5.74) is 9.64. The predicted molar refractivity (Wildman–Crippen MR) is 172 cm³/mol. The molecule has 4 heteroatoms. The van der Waals surface area contributed by atoms with Crippen LogP contribution in [-0.2, 0) is 5.41 Å². The van der Waals surface area contributed by atoms with Crippen molar-refractivity contribution in [2.75, 3.05) is 0 Å². The Morgan fingerprint density at radius 1 is 0.610 bits per heavy atom. The maximum atomic E-state index is 5.36. The van der Waals surface area contributed by atoms with E-state index in [9.17, 15) is 0 Å². The quantitative estimate of drug-likeness (QED) is 0.217. The molecule has 1 aliphatic rings. The summed E-state index contributed by atoms with van der Waals surface area (Å²) in [6.07, 6.45) is 0. The van der Waals surface area contributed by atoms with E-state index >= 15 is 0 Å². The summed E-state index contributed by atoms with van der Waals surface area (Å²) in [7, 11) is 0. The first-order valence-electron chi connectivity index (χ1n) is 14.0. The number of nitrogens with zero attached hydrogens (tertiary/aromatic N) is 3. The van der Waals surface area contributed by atoms with Crippen LogP contribution in [0.4, 0.5) is 0 Å². The lowest BCUT2D eigenvalue weighted by molar-refractivity contribution is 0.661. The fourth-order valence-corrected chi connectivity index (χ4v) is 7.97. The van der Waals surface area contributed by atoms with Gasteiger partial charge >= 0.3 is 0 Å². The molecule has 5 aromatic carbocycles. The fraction of sp³-hybridized carbons (Fsp3) is 0.0811. The zero-order valence-corrected chi connectivity index (χ0v) is 23.5. The van der Waals surface area contributed by atoms with E-state index in [1.807, 2.05) is 0 Å². The van der Waals surface area contributed by atoms with Gasteiger partial charge in [-0.3, -0.25) is 4.57 Å². The van der Waals surface area contributed by atoms with Gasteiger partial charge < -0.3 is 0 Å². The smallest absolute Gasteiger partial charge is 0.236 e. The highest BCUT2D eigenvalue weighted by molar-refractivity contribution is 7.25. The number of fused-ring (bicyclic) bond motifs is 9. The van der Waals surface area contributed by atoms with Crippen LogP contribution in [0.5, 0.6) is 0 Å². The van der Waals surface area contributed by atoms with Crippen molar-refractivity contribution in [2.24, 2.45) is 0 Å². The molecule has 0 radical (unpaired) electrons. The lowest BCUT2D eigenvalue weighted by atomic mass is 9.82. The number of benzene rings is 5. The molecule has 0 saturated carbocycles. The van der Waals surface area contributed by atoms with Gasteiger partial charge in [-0.05, 0) is 46.5 Å². The van der Waals surface area contributed by atoms with Crippen LogP contribution >= 0.6 is 11.3 Å². The molecule has 0 fully saturated rings. The summed E-state index contributed by atoms with van der Waals surface area (Å²) < 4.78 is 3.51. The first kappa shape index (κ1) is 23.0. The van der Waals surface area contributed by atoms with Crippen LogP contribution in [0, 0.1) is 0 Å². The van der Waals surface area contributed by atoms with Gasteiger partial charge in [-0.2, -0.15) is 0 Å². The molecule has 0 amide bonds. The van der Waals surface area contributed by atoms with E-state index in [0.717, 1.165) is 32.5 Å². The first-order chi connectivity index (χ1) is 20.1. The molecular weight excluding hydrogens is 518 g/mol. The highest BCUT2D eigenvalue weighted by Crippen LogP contribution is 2.51. The molecule has 3 aromatic heterocycles. The number of rotatable bonds is 2. The molecule has 9 rings (SSSR count). The van der Waals surface area contributed by atoms with Crippen molar-refractivity contribution in [3.63, 3.8) is 0 Å². The molecule has 0 atom stereocenters. The molecule has 0 bridgehead atoms. The monoisotopic (exact) mass is 543 g/mol. The summed E-state index contributed by atoms with van der Waals surface area (Å²) >= 11 is 1.74. The molecule has 3 nitrogen and oxygen atoms in total. The van der Waals surface area contributed by atoms with E-state index in [1.165, 1.54) is 43.1 Å². The van der Waals surface area contributed by atoms with Gasteiger partial charge in [0.1, 0.15) is 4.83 Å². The first-order valence-corrected chi connectivity index (χ1v) is 14.8. The molecule has 8 aromatic rings. The number of thiophene rings is 1. The average molecular weight is 544 g/mol.